The number of halogens is 1. The first kappa shape index (κ1) is 11.4. The van der Waals surface area contributed by atoms with Crippen molar-refractivity contribution in [1.82, 2.24) is 0 Å². The van der Waals surface area contributed by atoms with Crippen LogP contribution < -0.4 is 0 Å². The second kappa shape index (κ2) is 4.43. The van der Waals surface area contributed by atoms with Gasteiger partial charge < -0.3 is 4.74 Å². The smallest absolute Gasteiger partial charge is 0.306 e. The summed E-state index contributed by atoms with van der Waals surface area (Å²) in [6.45, 7) is 0.0286. The number of nitrogens with zero attached hydrogens (tertiary/aromatic N) is 3. The topological polar surface area (TPSA) is 75.1 Å². The number of rotatable bonds is 3. The summed E-state index contributed by atoms with van der Waals surface area (Å²) >= 11 is 0. The molecule has 17 heavy (non-hydrogen) atoms. The minimum Gasteiger partial charge on any atom is -0.454 e. The maximum atomic E-state index is 12.8. The van der Waals surface area contributed by atoms with Gasteiger partial charge >= 0.3 is 5.97 Å². The van der Waals surface area contributed by atoms with E-state index in [1.165, 1.54) is 12.1 Å². The van der Waals surface area contributed by atoms with Crippen LogP contribution in [-0.4, -0.2) is 12.5 Å². The van der Waals surface area contributed by atoms with Crippen LogP contribution in [0.4, 0.5) is 4.39 Å². The number of azide groups is 1. The lowest BCUT2D eigenvalue weighted by Crippen LogP contribution is -2.29. The SMILES string of the molecule is [N-]=[N+]=NCC1(c2ccc(F)cc2)CCC(=O)O1. The molecular formula is C11H10FN3O2. The Morgan fingerprint density at radius 2 is 2.18 bits per heavy atom. The summed E-state index contributed by atoms with van der Waals surface area (Å²) in [5, 5.41) is 3.47. The lowest BCUT2D eigenvalue weighted by Gasteiger charge is -2.26. The first-order valence-corrected chi connectivity index (χ1v) is 5.15. The highest BCUT2D eigenvalue weighted by Crippen LogP contribution is 2.37. The molecule has 1 aromatic carbocycles. The number of hydrogen-bond acceptors (Lipinski definition) is 3. The molecule has 0 saturated carbocycles. The predicted molar refractivity (Wildman–Crippen MR) is 57.4 cm³/mol. The van der Waals surface area contributed by atoms with Gasteiger partial charge in [-0.05, 0) is 23.2 Å². The molecule has 0 aliphatic carbocycles. The van der Waals surface area contributed by atoms with Gasteiger partial charge in [-0.15, -0.1) is 0 Å². The number of esters is 1. The van der Waals surface area contributed by atoms with Gasteiger partial charge in [-0.1, -0.05) is 17.2 Å². The van der Waals surface area contributed by atoms with Crippen LogP contribution in [-0.2, 0) is 15.1 Å². The molecule has 1 atom stereocenters. The molecule has 0 amide bonds. The number of ether oxygens (including phenoxy) is 1. The molecule has 6 heteroatoms. The van der Waals surface area contributed by atoms with E-state index in [-0.39, 0.29) is 24.8 Å². The Balaban J connectivity index is 2.36. The van der Waals surface area contributed by atoms with Crippen molar-refractivity contribution in [3.63, 3.8) is 0 Å². The summed E-state index contributed by atoms with van der Waals surface area (Å²) in [5.41, 5.74) is 8.07. The van der Waals surface area contributed by atoms with Gasteiger partial charge in [0.05, 0.1) is 6.54 Å². The van der Waals surface area contributed by atoms with Crippen molar-refractivity contribution in [3.05, 3.63) is 46.1 Å². The van der Waals surface area contributed by atoms with Crippen molar-refractivity contribution >= 4 is 5.97 Å². The normalized spacial score (nSPS) is 23.0. The fourth-order valence-corrected chi connectivity index (χ4v) is 1.93. The second-order valence-corrected chi connectivity index (χ2v) is 3.86. The van der Waals surface area contributed by atoms with Gasteiger partial charge in [0, 0.05) is 17.8 Å². The van der Waals surface area contributed by atoms with Gasteiger partial charge in [-0.25, -0.2) is 4.39 Å². The fraction of sp³-hybridized carbons (Fsp3) is 0.364. The van der Waals surface area contributed by atoms with E-state index in [2.05, 4.69) is 10.0 Å². The Labute approximate surface area is 96.8 Å². The van der Waals surface area contributed by atoms with E-state index in [4.69, 9.17) is 10.3 Å². The third-order valence-corrected chi connectivity index (χ3v) is 2.80. The highest BCUT2D eigenvalue weighted by molar-refractivity contribution is 5.72. The fourth-order valence-electron chi connectivity index (χ4n) is 1.93. The summed E-state index contributed by atoms with van der Waals surface area (Å²) < 4.78 is 18.1. The summed E-state index contributed by atoms with van der Waals surface area (Å²) in [5.74, 6) is -0.695. The van der Waals surface area contributed by atoms with Crippen molar-refractivity contribution < 1.29 is 13.9 Å². The molecule has 1 fully saturated rings. The van der Waals surface area contributed by atoms with Crippen molar-refractivity contribution in [2.75, 3.05) is 6.54 Å². The van der Waals surface area contributed by atoms with E-state index in [9.17, 15) is 9.18 Å². The third-order valence-electron chi connectivity index (χ3n) is 2.80. The predicted octanol–water partition coefficient (Wildman–Crippen LogP) is 2.67. The molecule has 1 unspecified atom stereocenters. The zero-order valence-corrected chi connectivity index (χ0v) is 8.97. The first-order chi connectivity index (χ1) is 8.16. The standard InChI is InChI=1S/C11H10FN3O2/c12-9-3-1-8(2-4-9)11(7-14-15-13)6-5-10(16)17-11/h1-4H,5-7H2. The molecular weight excluding hydrogens is 225 g/mol. The molecule has 0 bridgehead atoms. The van der Waals surface area contributed by atoms with Crippen LogP contribution >= 0.6 is 0 Å². The second-order valence-electron chi connectivity index (χ2n) is 3.86. The number of carbonyl (C=O) groups is 1. The molecule has 1 saturated heterocycles. The molecule has 0 radical (unpaired) electrons. The van der Waals surface area contributed by atoms with Gasteiger partial charge in [-0.2, -0.15) is 0 Å². The van der Waals surface area contributed by atoms with Crippen LogP contribution in [0.1, 0.15) is 18.4 Å². The Hall–Kier alpha value is -2.07. The molecule has 5 nitrogen and oxygen atoms in total. The quantitative estimate of drug-likeness (QED) is 0.349. The minimum absolute atomic E-state index is 0.0286. The van der Waals surface area contributed by atoms with Crippen LogP contribution in [0.25, 0.3) is 10.4 Å². The van der Waals surface area contributed by atoms with Gasteiger partial charge in [0.15, 0.2) is 0 Å². The van der Waals surface area contributed by atoms with Gasteiger partial charge in [0.1, 0.15) is 11.4 Å². The number of carbonyl (C=O) groups excluding carboxylic acids is 1. The van der Waals surface area contributed by atoms with Gasteiger partial charge in [0.2, 0.25) is 0 Å². The zero-order chi connectivity index (χ0) is 12.3. The lowest BCUT2D eigenvalue weighted by molar-refractivity contribution is -0.148. The largest absolute Gasteiger partial charge is 0.454 e. The average Bonchev–Trinajstić information content (AvgIpc) is 2.70. The summed E-state index contributed by atoms with van der Waals surface area (Å²) in [4.78, 5) is 13.9. The van der Waals surface area contributed by atoms with E-state index < -0.39 is 5.60 Å². The number of hydrogen-bond donors (Lipinski definition) is 0. The highest BCUT2D eigenvalue weighted by Gasteiger charge is 2.41. The van der Waals surface area contributed by atoms with Crippen LogP contribution in [0.3, 0.4) is 0 Å². The van der Waals surface area contributed by atoms with Crippen LogP contribution in [0, 0.1) is 5.82 Å². The molecule has 1 aliphatic heterocycles. The average molecular weight is 235 g/mol. The van der Waals surface area contributed by atoms with Crippen molar-refractivity contribution in [2.45, 2.75) is 18.4 Å². The molecule has 88 valence electrons. The van der Waals surface area contributed by atoms with Crippen LogP contribution in [0.5, 0.6) is 0 Å². The van der Waals surface area contributed by atoms with E-state index in [1.54, 1.807) is 12.1 Å². The molecule has 1 aromatic rings. The summed E-state index contributed by atoms with van der Waals surface area (Å²) in [6, 6.07) is 5.67. The highest BCUT2D eigenvalue weighted by atomic mass is 19.1. The number of benzene rings is 1. The molecule has 0 N–H and O–H groups in total. The molecule has 2 rings (SSSR count). The van der Waals surface area contributed by atoms with Gasteiger partial charge in [0.25, 0.3) is 0 Å². The summed E-state index contributed by atoms with van der Waals surface area (Å²) in [7, 11) is 0. The molecule has 0 aromatic heterocycles. The van der Waals surface area contributed by atoms with E-state index in [0.717, 1.165) is 0 Å². The van der Waals surface area contributed by atoms with E-state index >= 15 is 0 Å². The molecule has 1 heterocycles. The number of cyclic esters (lactones) is 1. The lowest BCUT2D eigenvalue weighted by atomic mass is 9.91. The maximum absolute atomic E-state index is 12.8. The van der Waals surface area contributed by atoms with Crippen LogP contribution in [0.2, 0.25) is 0 Å². The Morgan fingerprint density at radius 3 is 2.71 bits per heavy atom. The zero-order valence-electron chi connectivity index (χ0n) is 8.97. The van der Waals surface area contributed by atoms with E-state index in [0.29, 0.717) is 12.0 Å². The van der Waals surface area contributed by atoms with Crippen molar-refractivity contribution in [1.29, 1.82) is 0 Å². The maximum Gasteiger partial charge on any atom is 0.306 e. The molecule has 0 spiro atoms. The van der Waals surface area contributed by atoms with Crippen LogP contribution in [0.15, 0.2) is 29.4 Å². The monoisotopic (exact) mass is 235 g/mol. The van der Waals surface area contributed by atoms with E-state index in [1.807, 2.05) is 0 Å². The van der Waals surface area contributed by atoms with Crippen molar-refractivity contribution in [3.8, 4) is 0 Å². The Bertz CT molecular complexity index is 482. The Kier molecular flexibility index (Phi) is 2.97. The Morgan fingerprint density at radius 1 is 1.47 bits per heavy atom. The minimum atomic E-state index is -0.934. The first-order valence-electron chi connectivity index (χ1n) is 5.15. The third kappa shape index (κ3) is 2.21. The van der Waals surface area contributed by atoms with Crippen molar-refractivity contribution in [2.24, 2.45) is 5.11 Å². The van der Waals surface area contributed by atoms with Gasteiger partial charge in [-0.3, -0.25) is 4.79 Å². The summed E-state index contributed by atoms with van der Waals surface area (Å²) in [6.07, 6.45) is 0.717. The molecule has 1 aliphatic rings.